The predicted molar refractivity (Wildman–Crippen MR) is 88.1 cm³/mol. The molecule has 2 aliphatic rings. The summed E-state index contributed by atoms with van der Waals surface area (Å²) in [6, 6.07) is 0. The molecule has 2 saturated heterocycles. The Balaban J connectivity index is 1.76. The van der Waals surface area contributed by atoms with Gasteiger partial charge in [0.05, 0.1) is 18.5 Å². The van der Waals surface area contributed by atoms with Crippen molar-refractivity contribution in [2.75, 3.05) is 44.3 Å². The number of hydrogen-bond acceptors (Lipinski definition) is 6. The second-order valence-corrected chi connectivity index (χ2v) is 8.42. The number of aryl methyl sites for hydroxylation is 2. The van der Waals surface area contributed by atoms with Crippen LogP contribution >= 0.6 is 0 Å². The van der Waals surface area contributed by atoms with Crippen LogP contribution in [0.15, 0.2) is 6.20 Å². The van der Waals surface area contributed by atoms with E-state index in [4.69, 9.17) is 4.74 Å². The van der Waals surface area contributed by atoms with Gasteiger partial charge in [-0.3, -0.25) is 0 Å². The van der Waals surface area contributed by atoms with Crippen molar-refractivity contribution < 1.29 is 13.2 Å². The highest BCUT2D eigenvalue weighted by atomic mass is 32.2. The van der Waals surface area contributed by atoms with Gasteiger partial charge in [-0.15, -0.1) is 0 Å². The maximum Gasteiger partial charge on any atom is 0.225 e. The average molecular weight is 340 g/mol. The third-order valence-corrected chi connectivity index (χ3v) is 6.94. The molecule has 0 radical (unpaired) electrons. The summed E-state index contributed by atoms with van der Waals surface area (Å²) < 4.78 is 32.5. The first-order valence-electron chi connectivity index (χ1n) is 8.10. The largest absolute Gasteiger partial charge is 0.379 e. The molecule has 0 aliphatic carbocycles. The van der Waals surface area contributed by atoms with Crippen LogP contribution in [0, 0.1) is 13.8 Å². The SMILES string of the molecule is Cc1cnc(N2CCCC(S(=O)(=O)N3CCOCC3)C2)nc1C. The van der Waals surface area contributed by atoms with Crippen LogP contribution in [-0.2, 0) is 14.8 Å². The van der Waals surface area contributed by atoms with Gasteiger partial charge in [-0.1, -0.05) is 0 Å². The van der Waals surface area contributed by atoms with E-state index >= 15 is 0 Å². The van der Waals surface area contributed by atoms with Crippen LogP contribution < -0.4 is 4.90 Å². The molecule has 1 aromatic heterocycles. The zero-order chi connectivity index (χ0) is 16.4. The van der Waals surface area contributed by atoms with E-state index in [1.165, 1.54) is 0 Å². The molecule has 2 fully saturated rings. The lowest BCUT2D eigenvalue weighted by Crippen LogP contribution is -2.51. The van der Waals surface area contributed by atoms with Crippen molar-refractivity contribution >= 4 is 16.0 Å². The molecule has 128 valence electrons. The Morgan fingerprint density at radius 3 is 2.65 bits per heavy atom. The van der Waals surface area contributed by atoms with Crippen LogP contribution in [0.4, 0.5) is 5.95 Å². The molecule has 1 atom stereocenters. The van der Waals surface area contributed by atoms with Gasteiger partial charge in [-0.25, -0.2) is 18.4 Å². The fraction of sp³-hybridized carbons (Fsp3) is 0.733. The first-order valence-corrected chi connectivity index (χ1v) is 9.60. The van der Waals surface area contributed by atoms with E-state index in [2.05, 4.69) is 9.97 Å². The summed E-state index contributed by atoms with van der Waals surface area (Å²) in [6.45, 7) is 7.07. The number of hydrogen-bond donors (Lipinski definition) is 0. The first kappa shape index (κ1) is 16.6. The fourth-order valence-corrected chi connectivity index (χ4v) is 4.95. The number of aromatic nitrogens is 2. The lowest BCUT2D eigenvalue weighted by molar-refractivity contribution is 0.0725. The minimum Gasteiger partial charge on any atom is -0.379 e. The molecule has 3 rings (SSSR count). The number of rotatable bonds is 3. The topological polar surface area (TPSA) is 75.6 Å². The van der Waals surface area contributed by atoms with Crippen LogP contribution in [0.5, 0.6) is 0 Å². The lowest BCUT2D eigenvalue weighted by Gasteiger charge is -2.36. The van der Waals surface area contributed by atoms with Crippen LogP contribution in [0.3, 0.4) is 0 Å². The molecule has 7 nitrogen and oxygen atoms in total. The number of anilines is 1. The summed E-state index contributed by atoms with van der Waals surface area (Å²) in [5.74, 6) is 0.634. The van der Waals surface area contributed by atoms with E-state index in [9.17, 15) is 8.42 Å². The molecule has 0 aromatic carbocycles. The quantitative estimate of drug-likeness (QED) is 0.807. The molecular weight excluding hydrogens is 316 g/mol. The fourth-order valence-electron chi connectivity index (χ4n) is 3.04. The van der Waals surface area contributed by atoms with Crippen molar-refractivity contribution in [3.63, 3.8) is 0 Å². The molecule has 0 amide bonds. The standard InChI is InChI=1S/C15H24N4O3S/c1-12-10-16-15(17-13(12)2)18-5-3-4-14(11-18)23(20,21)19-6-8-22-9-7-19/h10,14H,3-9,11H2,1-2H3. The van der Waals surface area contributed by atoms with Crippen molar-refractivity contribution in [2.24, 2.45) is 0 Å². The molecule has 0 spiro atoms. The summed E-state index contributed by atoms with van der Waals surface area (Å²) in [5.41, 5.74) is 1.98. The second-order valence-electron chi connectivity index (χ2n) is 6.21. The Morgan fingerprint density at radius 2 is 1.96 bits per heavy atom. The van der Waals surface area contributed by atoms with Crippen molar-refractivity contribution in [1.82, 2.24) is 14.3 Å². The molecule has 0 N–H and O–H groups in total. The number of sulfonamides is 1. The van der Waals surface area contributed by atoms with E-state index in [0.717, 1.165) is 24.2 Å². The predicted octanol–water partition coefficient (Wildman–Crippen LogP) is 0.724. The van der Waals surface area contributed by atoms with Gasteiger partial charge in [-0.05, 0) is 32.3 Å². The summed E-state index contributed by atoms with van der Waals surface area (Å²) in [4.78, 5) is 10.9. The van der Waals surface area contributed by atoms with E-state index < -0.39 is 10.0 Å². The van der Waals surface area contributed by atoms with Gasteiger partial charge in [0.2, 0.25) is 16.0 Å². The highest BCUT2D eigenvalue weighted by molar-refractivity contribution is 7.89. The highest BCUT2D eigenvalue weighted by Gasteiger charge is 2.36. The maximum absolute atomic E-state index is 12.8. The lowest BCUT2D eigenvalue weighted by atomic mass is 10.1. The Kier molecular flexibility index (Phi) is 4.84. The Hall–Kier alpha value is -1.25. The molecule has 8 heteroatoms. The molecule has 0 saturated carbocycles. The minimum absolute atomic E-state index is 0.389. The summed E-state index contributed by atoms with van der Waals surface area (Å²) >= 11 is 0. The molecule has 2 aliphatic heterocycles. The van der Waals surface area contributed by atoms with E-state index in [0.29, 0.717) is 45.2 Å². The second kappa shape index (κ2) is 6.70. The van der Waals surface area contributed by atoms with Gasteiger partial charge < -0.3 is 9.64 Å². The molecule has 3 heterocycles. The molecule has 0 bridgehead atoms. The molecule has 1 aromatic rings. The number of ether oxygens (including phenoxy) is 1. The monoisotopic (exact) mass is 340 g/mol. The first-order chi connectivity index (χ1) is 11.0. The average Bonchev–Trinajstić information content (AvgIpc) is 2.58. The molecule has 1 unspecified atom stereocenters. The maximum atomic E-state index is 12.8. The Morgan fingerprint density at radius 1 is 1.22 bits per heavy atom. The zero-order valence-corrected chi connectivity index (χ0v) is 14.5. The van der Waals surface area contributed by atoms with Crippen molar-refractivity contribution in [3.8, 4) is 0 Å². The highest BCUT2D eigenvalue weighted by Crippen LogP contribution is 2.24. The van der Waals surface area contributed by atoms with Gasteiger partial charge in [0.1, 0.15) is 0 Å². The summed E-state index contributed by atoms with van der Waals surface area (Å²) in [6.07, 6.45) is 3.34. The molecular formula is C15H24N4O3S. The minimum atomic E-state index is -3.29. The number of piperidine rings is 1. The van der Waals surface area contributed by atoms with Crippen LogP contribution in [0.25, 0.3) is 0 Å². The smallest absolute Gasteiger partial charge is 0.225 e. The zero-order valence-electron chi connectivity index (χ0n) is 13.7. The molecule has 23 heavy (non-hydrogen) atoms. The van der Waals surface area contributed by atoms with Gasteiger partial charge in [0.15, 0.2) is 0 Å². The van der Waals surface area contributed by atoms with Crippen LogP contribution in [-0.4, -0.2) is 67.3 Å². The van der Waals surface area contributed by atoms with Crippen molar-refractivity contribution in [3.05, 3.63) is 17.5 Å². The number of morpholine rings is 1. The van der Waals surface area contributed by atoms with Crippen molar-refractivity contribution in [2.45, 2.75) is 31.9 Å². The Bertz CT molecular complexity index is 659. The van der Waals surface area contributed by atoms with E-state index in [1.807, 2.05) is 18.7 Å². The van der Waals surface area contributed by atoms with Gasteiger partial charge in [-0.2, -0.15) is 4.31 Å². The third kappa shape index (κ3) is 3.49. The van der Waals surface area contributed by atoms with Gasteiger partial charge in [0, 0.05) is 38.1 Å². The van der Waals surface area contributed by atoms with Gasteiger partial charge in [0.25, 0.3) is 0 Å². The van der Waals surface area contributed by atoms with Crippen LogP contribution in [0.2, 0.25) is 0 Å². The van der Waals surface area contributed by atoms with Crippen molar-refractivity contribution in [1.29, 1.82) is 0 Å². The van der Waals surface area contributed by atoms with Gasteiger partial charge >= 0.3 is 0 Å². The third-order valence-electron chi connectivity index (χ3n) is 4.62. The van der Waals surface area contributed by atoms with E-state index in [1.54, 1.807) is 10.5 Å². The summed E-state index contributed by atoms with van der Waals surface area (Å²) in [5, 5.41) is -0.389. The number of nitrogens with zero attached hydrogens (tertiary/aromatic N) is 4. The normalized spacial score (nSPS) is 23.9. The Labute approximate surface area is 137 Å². The van der Waals surface area contributed by atoms with Crippen LogP contribution in [0.1, 0.15) is 24.1 Å². The summed E-state index contributed by atoms with van der Waals surface area (Å²) in [7, 11) is -3.29. The van der Waals surface area contributed by atoms with E-state index in [-0.39, 0.29) is 5.25 Å².